The second-order valence-corrected chi connectivity index (χ2v) is 3.64. The van der Waals surface area contributed by atoms with Crippen LogP contribution in [0.3, 0.4) is 0 Å². The molecule has 1 rings (SSSR count). The molecule has 0 amide bonds. The van der Waals surface area contributed by atoms with Crippen molar-refractivity contribution in [1.82, 2.24) is 10.4 Å². The number of likely N-dealkylation sites (N-methyl/N-ethyl adjacent to an activating group) is 1. The van der Waals surface area contributed by atoms with Crippen molar-refractivity contribution in [2.45, 2.75) is 25.0 Å². The third-order valence-electron chi connectivity index (χ3n) is 2.23. The van der Waals surface area contributed by atoms with Crippen LogP contribution in [-0.2, 0) is 9.63 Å². The van der Waals surface area contributed by atoms with E-state index in [1.807, 2.05) is 11.9 Å². The average molecular weight is 224 g/mol. The van der Waals surface area contributed by atoms with E-state index in [0.717, 1.165) is 13.0 Å². The lowest BCUT2D eigenvalue weighted by Gasteiger charge is -2.30. The standard InChI is InChI=1S/C8H14F2N2O3/c1-12-4-2-3-6(5-12)11-15-8(9,10)7(13)14/h6,11H,2-5H2,1H3,(H,13,14). The van der Waals surface area contributed by atoms with E-state index in [0.29, 0.717) is 13.0 Å². The van der Waals surface area contributed by atoms with Gasteiger partial charge in [0.05, 0.1) is 0 Å². The first-order valence-electron chi connectivity index (χ1n) is 4.65. The van der Waals surface area contributed by atoms with Gasteiger partial charge in [0.1, 0.15) is 0 Å². The Kier molecular flexibility index (Phi) is 3.95. The van der Waals surface area contributed by atoms with Crippen LogP contribution in [-0.4, -0.2) is 48.3 Å². The maximum atomic E-state index is 12.5. The van der Waals surface area contributed by atoms with Crippen LogP contribution in [0, 0.1) is 0 Å². The van der Waals surface area contributed by atoms with Crippen LogP contribution in [0.15, 0.2) is 0 Å². The van der Waals surface area contributed by atoms with Gasteiger partial charge in [-0.05, 0) is 26.4 Å². The minimum atomic E-state index is -4.17. The van der Waals surface area contributed by atoms with Gasteiger partial charge in [-0.3, -0.25) is 0 Å². The van der Waals surface area contributed by atoms with Crippen molar-refractivity contribution in [1.29, 1.82) is 0 Å². The van der Waals surface area contributed by atoms with Crippen LogP contribution in [0.1, 0.15) is 12.8 Å². The van der Waals surface area contributed by atoms with Gasteiger partial charge in [0.25, 0.3) is 0 Å². The zero-order valence-electron chi connectivity index (χ0n) is 8.37. The van der Waals surface area contributed by atoms with Gasteiger partial charge in [-0.25, -0.2) is 9.63 Å². The molecule has 1 aliphatic heterocycles. The average Bonchev–Trinajstić information content (AvgIpc) is 2.15. The molecule has 1 atom stereocenters. The highest BCUT2D eigenvalue weighted by atomic mass is 19.3. The maximum absolute atomic E-state index is 12.5. The molecule has 5 nitrogen and oxygen atoms in total. The number of nitrogens with one attached hydrogen (secondary N) is 1. The first kappa shape index (κ1) is 12.3. The summed E-state index contributed by atoms with van der Waals surface area (Å²) in [6.07, 6.45) is -2.60. The molecule has 2 N–H and O–H groups in total. The first-order valence-corrected chi connectivity index (χ1v) is 4.65. The molecule has 1 saturated heterocycles. The summed E-state index contributed by atoms with van der Waals surface area (Å²) in [5.74, 6) is -2.29. The lowest BCUT2D eigenvalue weighted by Crippen LogP contribution is -2.48. The normalized spacial score (nSPS) is 24.1. The van der Waals surface area contributed by atoms with Gasteiger partial charge in [-0.2, -0.15) is 14.3 Å². The molecule has 7 heteroatoms. The predicted molar refractivity (Wildman–Crippen MR) is 47.3 cm³/mol. The van der Waals surface area contributed by atoms with E-state index >= 15 is 0 Å². The minimum absolute atomic E-state index is 0.256. The molecular formula is C8H14F2N2O3. The van der Waals surface area contributed by atoms with Crippen molar-refractivity contribution in [3.8, 4) is 0 Å². The number of nitrogens with zero attached hydrogens (tertiary/aromatic N) is 1. The Morgan fingerprint density at radius 3 is 2.87 bits per heavy atom. The SMILES string of the molecule is CN1CCCC(NOC(F)(F)C(=O)O)C1. The molecule has 1 heterocycles. The Hall–Kier alpha value is -0.790. The molecule has 0 saturated carbocycles. The highest BCUT2D eigenvalue weighted by Crippen LogP contribution is 2.15. The monoisotopic (exact) mass is 224 g/mol. The molecule has 1 unspecified atom stereocenters. The summed E-state index contributed by atoms with van der Waals surface area (Å²) in [6.45, 7) is 1.48. The van der Waals surface area contributed by atoms with Crippen molar-refractivity contribution < 1.29 is 23.5 Å². The third-order valence-corrected chi connectivity index (χ3v) is 2.23. The zero-order valence-corrected chi connectivity index (χ0v) is 8.37. The van der Waals surface area contributed by atoms with Gasteiger partial charge in [-0.1, -0.05) is 0 Å². The Morgan fingerprint density at radius 2 is 2.33 bits per heavy atom. The smallest absolute Gasteiger partial charge is 0.471 e. The maximum Gasteiger partial charge on any atom is 0.471 e. The van der Waals surface area contributed by atoms with Crippen molar-refractivity contribution in [2.75, 3.05) is 20.1 Å². The number of carboxylic acids is 1. The van der Waals surface area contributed by atoms with Crippen molar-refractivity contribution in [2.24, 2.45) is 0 Å². The van der Waals surface area contributed by atoms with Crippen LogP contribution in [0.2, 0.25) is 0 Å². The van der Waals surface area contributed by atoms with E-state index < -0.39 is 12.1 Å². The number of halogens is 2. The Labute approximate surface area is 86.0 Å². The van der Waals surface area contributed by atoms with Crippen molar-refractivity contribution in [3.63, 3.8) is 0 Å². The Balaban J connectivity index is 2.33. The zero-order chi connectivity index (χ0) is 11.5. The van der Waals surface area contributed by atoms with Gasteiger partial charge < -0.3 is 10.0 Å². The fourth-order valence-corrected chi connectivity index (χ4v) is 1.46. The first-order chi connectivity index (χ1) is 6.92. The molecule has 0 radical (unpaired) electrons. The molecule has 1 aliphatic rings. The van der Waals surface area contributed by atoms with Crippen LogP contribution in [0.25, 0.3) is 0 Å². The highest BCUT2D eigenvalue weighted by molar-refractivity contribution is 5.73. The van der Waals surface area contributed by atoms with E-state index in [1.54, 1.807) is 0 Å². The molecule has 1 fully saturated rings. The topological polar surface area (TPSA) is 61.8 Å². The van der Waals surface area contributed by atoms with E-state index in [-0.39, 0.29) is 6.04 Å². The number of hydrogen-bond donors (Lipinski definition) is 2. The van der Waals surface area contributed by atoms with Crippen molar-refractivity contribution in [3.05, 3.63) is 0 Å². The number of hydrogen-bond acceptors (Lipinski definition) is 4. The summed E-state index contributed by atoms with van der Waals surface area (Å²) in [5.41, 5.74) is 2.10. The molecule has 0 bridgehead atoms. The fourth-order valence-electron chi connectivity index (χ4n) is 1.46. The van der Waals surface area contributed by atoms with Gasteiger partial charge >= 0.3 is 12.1 Å². The second-order valence-electron chi connectivity index (χ2n) is 3.64. The number of likely N-dealkylation sites (tertiary alicyclic amines) is 1. The molecule has 0 aliphatic carbocycles. The number of carbonyl (C=O) groups is 1. The molecular weight excluding hydrogens is 210 g/mol. The highest BCUT2D eigenvalue weighted by Gasteiger charge is 2.42. The van der Waals surface area contributed by atoms with Crippen LogP contribution >= 0.6 is 0 Å². The quantitative estimate of drug-likeness (QED) is 0.671. The second kappa shape index (κ2) is 4.82. The van der Waals surface area contributed by atoms with E-state index in [4.69, 9.17) is 5.11 Å². The number of carboxylic acid groups (broad SMARTS) is 1. The molecule has 0 spiro atoms. The van der Waals surface area contributed by atoms with Crippen LogP contribution < -0.4 is 5.48 Å². The van der Waals surface area contributed by atoms with Gasteiger partial charge in [0.2, 0.25) is 0 Å². The molecule has 15 heavy (non-hydrogen) atoms. The van der Waals surface area contributed by atoms with E-state index in [9.17, 15) is 13.6 Å². The minimum Gasteiger partial charge on any atom is -0.475 e. The van der Waals surface area contributed by atoms with Crippen molar-refractivity contribution >= 4 is 5.97 Å². The Morgan fingerprint density at radius 1 is 1.67 bits per heavy atom. The molecule has 0 aromatic carbocycles. The van der Waals surface area contributed by atoms with E-state index in [2.05, 4.69) is 10.3 Å². The third kappa shape index (κ3) is 3.69. The lowest BCUT2D eigenvalue weighted by molar-refractivity contribution is -0.275. The number of rotatable bonds is 4. The Bertz CT molecular complexity index is 238. The summed E-state index contributed by atoms with van der Waals surface area (Å²) in [7, 11) is 1.86. The van der Waals surface area contributed by atoms with Gasteiger partial charge in [0, 0.05) is 12.6 Å². The van der Waals surface area contributed by atoms with Crippen LogP contribution in [0.5, 0.6) is 0 Å². The van der Waals surface area contributed by atoms with Gasteiger partial charge in [0.15, 0.2) is 0 Å². The summed E-state index contributed by atoms with van der Waals surface area (Å²) >= 11 is 0. The summed E-state index contributed by atoms with van der Waals surface area (Å²) in [6, 6.07) is -0.256. The van der Waals surface area contributed by atoms with E-state index in [1.165, 1.54) is 0 Å². The lowest BCUT2D eigenvalue weighted by atomic mass is 10.1. The fraction of sp³-hybridized carbons (Fsp3) is 0.875. The molecule has 0 aromatic rings. The summed E-state index contributed by atoms with van der Waals surface area (Å²) in [4.78, 5) is 15.9. The molecule has 88 valence electrons. The number of aliphatic carboxylic acids is 1. The number of hydroxylamine groups is 1. The number of alkyl halides is 2. The predicted octanol–water partition coefficient (Wildman–Crippen LogP) is 0.279. The van der Waals surface area contributed by atoms with Gasteiger partial charge in [-0.15, -0.1) is 0 Å². The summed E-state index contributed by atoms with van der Waals surface area (Å²) in [5, 5.41) is 8.10. The van der Waals surface area contributed by atoms with Crippen LogP contribution in [0.4, 0.5) is 8.78 Å². The number of piperidine rings is 1. The summed E-state index contributed by atoms with van der Waals surface area (Å²) < 4.78 is 25.0. The molecule has 0 aromatic heterocycles. The largest absolute Gasteiger partial charge is 0.475 e.